The smallest absolute Gasteiger partial charge is 0.226 e. The van der Waals surface area contributed by atoms with Gasteiger partial charge in [0.15, 0.2) is 0 Å². The second kappa shape index (κ2) is 10.1. The number of hydrogen-bond acceptors (Lipinski definition) is 2. The fourth-order valence-electron chi connectivity index (χ4n) is 4.27. The van der Waals surface area contributed by atoms with Crippen molar-refractivity contribution in [1.82, 2.24) is 10.2 Å². The van der Waals surface area contributed by atoms with Gasteiger partial charge in [-0.1, -0.05) is 55.8 Å². The minimum absolute atomic E-state index is 0.152. The third kappa shape index (κ3) is 6.53. The molecule has 2 amide bonds. The summed E-state index contributed by atoms with van der Waals surface area (Å²) >= 11 is 5.89. The van der Waals surface area contributed by atoms with Crippen LogP contribution in [0.5, 0.6) is 0 Å². The molecule has 5 heteroatoms. The fourth-order valence-corrected chi connectivity index (χ4v) is 4.40. The van der Waals surface area contributed by atoms with E-state index < -0.39 is 0 Å². The van der Waals surface area contributed by atoms with Crippen molar-refractivity contribution in [3.05, 3.63) is 34.9 Å². The predicted molar refractivity (Wildman–Crippen MR) is 109 cm³/mol. The normalized spacial score (nSPS) is 19.1. The molecule has 0 atom stereocenters. The Morgan fingerprint density at radius 2 is 1.67 bits per heavy atom. The number of hydrogen-bond donors (Lipinski definition) is 1. The molecule has 1 aliphatic carbocycles. The van der Waals surface area contributed by atoms with Gasteiger partial charge in [-0.2, -0.15) is 0 Å². The van der Waals surface area contributed by atoms with Crippen molar-refractivity contribution in [3.63, 3.8) is 0 Å². The maximum atomic E-state index is 12.5. The molecule has 148 valence electrons. The molecule has 0 radical (unpaired) electrons. The number of amides is 2. The average Bonchev–Trinajstić information content (AvgIpc) is 2.69. The fraction of sp³-hybridized carbons (Fsp3) is 0.636. The molecule has 1 saturated heterocycles. The Hall–Kier alpha value is -1.55. The quantitative estimate of drug-likeness (QED) is 0.784. The molecule has 0 aromatic heterocycles. The highest BCUT2D eigenvalue weighted by Gasteiger charge is 2.24. The number of nitrogens with one attached hydrogen (secondary N) is 1. The lowest BCUT2D eigenvalue weighted by Crippen LogP contribution is -2.47. The first kappa shape index (κ1) is 20.2. The third-order valence-corrected chi connectivity index (χ3v) is 6.24. The van der Waals surface area contributed by atoms with E-state index in [1.54, 1.807) is 0 Å². The highest BCUT2D eigenvalue weighted by molar-refractivity contribution is 6.30. The Morgan fingerprint density at radius 1 is 1.00 bits per heavy atom. The minimum Gasteiger partial charge on any atom is -0.353 e. The van der Waals surface area contributed by atoms with Gasteiger partial charge in [-0.15, -0.1) is 0 Å². The van der Waals surface area contributed by atoms with E-state index in [4.69, 9.17) is 11.6 Å². The molecule has 0 bridgehead atoms. The summed E-state index contributed by atoms with van der Waals surface area (Å²) in [6, 6.07) is 7.65. The van der Waals surface area contributed by atoms with Crippen LogP contribution in [0.15, 0.2) is 24.3 Å². The summed E-state index contributed by atoms with van der Waals surface area (Å²) in [6.07, 6.45) is 10.4. The van der Waals surface area contributed by atoms with Gasteiger partial charge in [-0.25, -0.2) is 0 Å². The van der Waals surface area contributed by atoms with E-state index in [1.165, 1.54) is 32.1 Å². The third-order valence-electron chi connectivity index (χ3n) is 5.99. The molecule has 2 aliphatic rings. The monoisotopic (exact) mass is 390 g/mol. The number of halogens is 1. The Bertz CT molecular complexity index is 618. The van der Waals surface area contributed by atoms with Crippen LogP contribution in [0.1, 0.15) is 63.4 Å². The van der Waals surface area contributed by atoms with Crippen LogP contribution < -0.4 is 5.32 Å². The molecular weight excluding hydrogens is 360 g/mol. The lowest BCUT2D eigenvalue weighted by atomic mass is 9.86. The SMILES string of the molecule is O=C(CCC1CCCCC1)NC1CCN(C(=O)Cc2ccc(Cl)cc2)CC1. The lowest BCUT2D eigenvalue weighted by Gasteiger charge is -2.32. The average molecular weight is 391 g/mol. The van der Waals surface area contributed by atoms with Gasteiger partial charge in [0.05, 0.1) is 6.42 Å². The Labute approximate surface area is 167 Å². The maximum Gasteiger partial charge on any atom is 0.226 e. The molecule has 1 aromatic rings. The summed E-state index contributed by atoms with van der Waals surface area (Å²) in [5.41, 5.74) is 0.988. The van der Waals surface area contributed by atoms with E-state index in [0.717, 1.165) is 43.8 Å². The second-order valence-corrected chi connectivity index (χ2v) is 8.50. The largest absolute Gasteiger partial charge is 0.353 e. The number of carbonyl (C=O) groups is 2. The molecule has 1 aromatic carbocycles. The van der Waals surface area contributed by atoms with Gasteiger partial charge in [0.2, 0.25) is 11.8 Å². The topological polar surface area (TPSA) is 49.4 Å². The molecule has 0 spiro atoms. The van der Waals surface area contributed by atoms with Gasteiger partial charge < -0.3 is 10.2 Å². The molecule has 3 rings (SSSR count). The van der Waals surface area contributed by atoms with Gasteiger partial charge >= 0.3 is 0 Å². The molecule has 0 unspecified atom stereocenters. The summed E-state index contributed by atoms with van der Waals surface area (Å²) in [4.78, 5) is 26.6. The molecule has 1 heterocycles. The summed E-state index contributed by atoms with van der Waals surface area (Å²) in [6.45, 7) is 1.44. The lowest BCUT2D eigenvalue weighted by molar-refractivity contribution is -0.131. The summed E-state index contributed by atoms with van der Waals surface area (Å²) in [5.74, 6) is 1.09. The number of nitrogens with zero attached hydrogens (tertiary/aromatic N) is 1. The van der Waals surface area contributed by atoms with Crippen LogP contribution in [0.2, 0.25) is 5.02 Å². The van der Waals surface area contributed by atoms with Gasteiger partial charge in [0.1, 0.15) is 0 Å². The first-order chi connectivity index (χ1) is 13.1. The highest BCUT2D eigenvalue weighted by atomic mass is 35.5. The Morgan fingerprint density at radius 3 is 2.33 bits per heavy atom. The Kier molecular flexibility index (Phi) is 7.57. The molecule has 1 saturated carbocycles. The van der Waals surface area contributed by atoms with Crippen LogP contribution in [0, 0.1) is 5.92 Å². The van der Waals surface area contributed by atoms with Crippen molar-refractivity contribution in [2.45, 2.75) is 70.3 Å². The van der Waals surface area contributed by atoms with Gasteiger partial charge in [-0.05, 0) is 42.9 Å². The number of benzene rings is 1. The molecular formula is C22H31ClN2O2. The second-order valence-electron chi connectivity index (χ2n) is 8.07. The predicted octanol–water partition coefficient (Wildman–Crippen LogP) is 4.35. The van der Waals surface area contributed by atoms with Crippen LogP contribution >= 0.6 is 11.6 Å². The van der Waals surface area contributed by atoms with Crippen LogP contribution in [0.3, 0.4) is 0 Å². The standard InChI is InChI=1S/C22H31ClN2O2/c23-19-9-6-18(7-10-19)16-22(27)25-14-12-20(13-15-25)24-21(26)11-8-17-4-2-1-3-5-17/h6-7,9-10,17,20H,1-5,8,11-16H2,(H,24,26). The van der Waals surface area contributed by atoms with Gasteiger partial charge in [0.25, 0.3) is 0 Å². The summed E-state index contributed by atoms with van der Waals surface area (Å²) in [5, 5.41) is 3.87. The van der Waals surface area contributed by atoms with Crippen molar-refractivity contribution < 1.29 is 9.59 Å². The first-order valence-electron chi connectivity index (χ1n) is 10.4. The summed E-state index contributed by atoms with van der Waals surface area (Å²) in [7, 11) is 0. The molecule has 2 fully saturated rings. The van der Waals surface area contributed by atoms with E-state index in [-0.39, 0.29) is 17.9 Å². The number of carbonyl (C=O) groups excluding carboxylic acids is 2. The van der Waals surface area contributed by atoms with Gasteiger partial charge in [0, 0.05) is 30.6 Å². The van der Waals surface area contributed by atoms with Crippen LogP contribution in [0.25, 0.3) is 0 Å². The number of piperidine rings is 1. The zero-order valence-corrected chi connectivity index (χ0v) is 16.8. The van der Waals surface area contributed by atoms with E-state index in [0.29, 0.717) is 17.9 Å². The highest BCUT2D eigenvalue weighted by Crippen LogP contribution is 2.27. The van der Waals surface area contributed by atoms with Gasteiger partial charge in [-0.3, -0.25) is 9.59 Å². The van der Waals surface area contributed by atoms with Crippen molar-refractivity contribution in [2.24, 2.45) is 5.92 Å². The van der Waals surface area contributed by atoms with Crippen molar-refractivity contribution >= 4 is 23.4 Å². The molecule has 27 heavy (non-hydrogen) atoms. The minimum atomic E-state index is 0.152. The van der Waals surface area contributed by atoms with Crippen molar-refractivity contribution in [1.29, 1.82) is 0 Å². The Balaban J connectivity index is 1.34. The first-order valence-corrected chi connectivity index (χ1v) is 10.8. The van der Waals surface area contributed by atoms with E-state index >= 15 is 0 Å². The zero-order valence-electron chi connectivity index (χ0n) is 16.1. The van der Waals surface area contributed by atoms with Crippen molar-refractivity contribution in [3.8, 4) is 0 Å². The number of rotatable bonds is 6. The van der Waals surface area contributed by atoms with E-state index in [1.807, 2.05) is 29.2 Å². The van der Waals surface area contributed by atoms with E-state index in [9.17, 15) is 9.59 Å². The number of likely N-dealkylation sites (tertiary alicyclic amines) is 1. The van der Waals surface area contributed by atoms with Crippen LogP contribution in [-0.4, -0.2) is 35.8 Å². The van der Waals surface area contributed by atoms with Crippen LogP contribution in [-0.2, 0) is 16.0 Å². The van der Waals surface area contributed by atoms with Crippen molar-refractivity contribution in [2.75, 3.05) is 13.1 Å². The molecule has 4 nitrogen and oxygen atoms in total. The van der Waals surface area contributed by atoms with Crippen LogP contribution in [0.4, 0.5) is 0 Å². The molecule has 1 N–H and O–H groups in total. The zero-order chi connectivity index (χ0) is 19.1. The summed E-state index contributed by atoms with van der Waals surface area (Å²) < 4.78 is 0. The molecule has 1 aliphatic heterocycles. The maximum absolute atomic E-state index is 12.5. The van der Waals surface area contributed by atoms with E-state index in [2.05, 4.69) is 5.32 Å².